The number of aromatic hydroxyl groups is 1. The number of hydrogen-bond acceptors (Lipinski definition) is 2. The van der Waals surface area contributed by atoms with Crippen LogP contribution < -0.4 is 0 Å². The summed E-state index contributed by atoms with van der Waals surface area (Å²) in [5, 5.41) is 9.27. The van der Waals surface area contributed by atoms with Crippen LogP contribution in [0.15, 0.2) is 12.1 Å². The van der Waals surface area contributed by atoms with E-state index in [-0.39, 0.29) is 10.6 Å². The minimum atomic E-state index is -0.284. The Labute approximate surface area is 85.7 Å². The second kappa shape index (κ2) is 3.92. The monoisotopic (exact) mass is 242 g/mol. The maximum atomic E-state index is 10.6. The van der Waals surface area contributed by atoms with E-state index in [0.717, 1.165) is 23.0 Å². The van der Waals surface area contributed by atoms with Gasteiger partial charge in [-0.3, -0.25) is 0 Å². The maximum absolute atomic E-state index is 10.6. The van der Waals surface area contributed by atoms with Gasteiger partial charge in [-0.05, 0) is 42.7 Å². The zero-order valence-corrected chi connectivity index (χ0v) is 9.13. The number of phenols is 1. The van der Waals surface area contributed by atoms with Crippen LogP contribution in [0.3, 0.4) is 0 Å². The van der Waals surface area contributed by atoms with Crippen LogP contribution in [0.5, 0.6) is 5.75 Å². The first-order valence-corrected chi connectivity index (χ1v) is 4.87. The van der Waals surface area contributed by atoms with Gasteiger partial charge in [0.1, 0.15) is 12.0 Å². The molecule has 2 nitrogen and oxygen atoms in total. The summed E-state index contributed by atoms with van der Waals surface area (Å²) in [7, 11) is 0. The molecule has 70 valence electrons. The number of carbonyl (C=O) groups is 1. The molecule has 1 N–H and O–H groups in total. The zero-order chi connectivity index (χ0) is 10.0. The van der Waals surface area contributed by atoms with Gasteiger partial charge in [0.15, 0.2) is 0 Å². The molecule has 13 heavy (non-hydrogen) atoms. The number of alkyl halides is 1. The first-order chi connectivity index (χ1) is 6.06. The van der Waals surface area contributed by atoms with Crippen LogP contribution in [0.2, 0.25) is 0 Å². The average molecular weight is 243 g/mol. The zero-order valence-electron chi connectivity index (χ0n) is 7.54. The lowest BCUT2D eigenvalue weighted by Crippen LogP contribution is -1.97. The average Bonchev–Trinajstić information content (AvgIpc) is 2.02. The van der Waals surface area contributed by atoms with Gasteiger partial charge >= 0.3 is 0 Å². The molecule has 0 bridgehead atoms. The lowest BCUT2D eigenvalue weighted by molar-refractivity contribution is -0.107. The van der Waals surface area contributed by atoms with Gasteiger partial charge in [0, 0.05) is 0 Å². The Hall–Kier alpha value is -0.830. The van der Waals surface area contributed by atoms with Gasteiger partial charge in [-0.25, -0.2) is 0 Å². The summed E-state index contributed by atoms with van der Waals surface area (Å²) >= 11 is 3.26. The topological polar surface area (TPSA) is 37.3 Å². The molecule has 0 saturated heterocycles. The molecule has 1 atom stereocenters. The fourth-order valence-electron chi connectivity index (χ4n) is 1.45. The number of carbonyl (C=O) groups excluding carboxylic acids is 1. The van der Waals surface area contributed by atoms with E-state index in [0.29, 0.717) is 0 Å². The van der Waals surface area contributed by atoms with Gasteiger partial charge in [0.25, 0.3) is 0 Å². The van der Waals surface area contributed by atoms with E-state index in [9.17, 15) is 9.90 Å². The van der Waals surface area contributed by atoms with E-state index in [1.165, 1.54) is 0 Å². The highest BCUT2D eigenvalue weighted by Crippen LogP contribution is 2.29. The third-order valence-electron chi connectivity index (χ3n) is 1.97. The molecule has 0 fully saturated rings. The molecule has 1 aromatic carbocycles. The van der Waals surface area contributed by atoms with E-state index >= 15 is 0 Å². The molecule has 0 aromatic heterocycles. The van der Waals surface area contributed by atoms with E-state index in [4.69, 9.17) is 0 Å². The minimum absolute atomic E-state index is 0.240. The van der Waals surface area contributed by atoms with Crippen LogP contribution in [0, 0.1) is 13.8 Å². The molecule has 1 unspecified atom stereocenters. The number of benzene rings is 1. The molecule has 0 amide bonds. The molecule has 0 aliphatic rings. The Bertz CT molecular complexity index is 311. The summed E-state index contributed by atoms with van der Waals surface area (Å²) < 4.78 is 0. The van der Waals surface area contributed by atoms with Crippen molar-refractivity contribution in [2.24, 2.45) is 0 Å². The van der Waals surface area contributed by atoms with Crippen LogP contribution in [-0.4, -0.2) is 11.4 Å². The van der Waals surface area contributed by atoms with E-state index < -0.39 is 0 Å². The van der Waals surface area contributed by atoms with Gasteiger partial charge in [0.2, 0.25) is 0 Å². The Morgan fingerprint density at radius 3 is 2.23 bits per heavy atom. The number of aldehydes is 1. The maximum Gasteiger partial charge on any atom is 0.138 e. The first-order valence-electron chi connectivity index (χ1n) is 3.95. The Morgan fingerprint density at radius 2 is 1.85 bits per heavy atom. The molecular weight excluding hydrogens is 232 g/mol. The van der Waals surface area contributed by atoms with Crippen molar-refractivity contribution >= 4 is 22.2 Å². The van der Waals surface area contributed by atoms with Crippen LogP contribution in [-0.2, 0) is 4.79 Å². The summed E-state index contributed by atoms with van der Waals surface area (Å²) in [6.45, 7) is 3.75. The first kappa shape index (κ1) is 10.3. The molecular formula is C10H11BrO2. The molecule has 0 aliphatic carbocycles. The molecule has 0 spiro atoms. The summed E-state index contributed by atoms with van der Waals surface area (Å²) in [6, 6.07) is 3.31. The van der Waals surface area contributed by atoms with E-state index in [1.807, 2.05) is 13.8 Å². The molecule has 1 aromatic rings. The largest absolute Gasteiger partial charge is 0.508 e. The van der Waals surface area contributed by atoms with Crippen molar-refractivity contribution in [3.05, 3.63) is 28.8 Å². The summed E-state index contributed by atoms with van der Waals surface area (Å²) in [6.07, 6.45) is 0.840. The third-order valence-corrected chi connectivity index (χ3v) is 2.65. The Morgan fingerprint density at radius 1 is 1.38 bits per heavy atom. The SMILES string of the molecule is Cc1cc(O)cc(C)c1C(Br)C=O. The summed E-state index contributed by atoms with van der Waals surface area (Å²) in [4.78, 5) is 10.3. The predicted molar refractivity (Wildman–Crippen MR) is 55.3 cm³/mol. The van der Waals surface area contributed by atoms with Crippen molar-refractivity contribution in [1.29, 1.82) is 0 Å². The fourth-order valence-corrected chi connectivity index (χ4v) is 2.18. The van der Waals surface area contributed by atoms with Gasteiger partial charge in [-0.15, -0.1) is 0 Å². The highest BCUT2D eigenvalue weighted by molar-refractivity contribution is 9.09. The second-order valence-corrected chi connectivity index (χ2v) is 4.02. The third kappa shape index (κ3) is 2.10. The molecule has 1 rings (SSSR count). The fraction of sp³-hybridized carbons (Fsp3) is 0.300. The Balaban J connectivity index is 3.28. The van der Waals surface area contributed by atoms with Crippen molar-refractivity contribution in [2.45, 2.75) is 18.7 Å². The summed E-state index contributed by atoms with van der Waals surface area (Å²) in [5.41, 5.74) is 2.78. The predicted octanol–water partition coefficient (Wildman–Crippen LogP) is 2.64. The highest BCUT2D eigenvalue weighted by Gasteiger charge is 2.12. The molecule has 0 saturated carbocycles. The van der Waals surface area contributed by atoms with Gasteiger partial charge < -0.3 is 9.90 Å². The van der Waals surface area contributed by atoms with Gasteiger partial charge in [0.05, 0.1) is 4.83 Å². The van der Waals surface area contributed by atoms with Crippen molar-refractivity contribution in [2.75, 3.05) is 0 Å². The highest BCUT2D eigenvalue weighted by atomic mass is 79.9. The molecule has 3 heteroatoms. The Kier molecular flexibility index (Phi) is 3.09. The number of phenolic OH excluding ortho intramolecular Hbond substituents is 1. The minimum Gasteiger partial charge on any atom is -0.508 e. The van der Waals surface area contributed by atoms with Crippen LogP contribution in [0.4, 0.5) is 0 Å². The van der Waals surface area contributed by atoms with Gasteiger partial charge in [-0.1, -0.05) is 15.9 Å². The number of rotatable bonds is 2. The van der Waals surface area contributed by atoms with Crippen molar-refractivity contribution in [1.82, 2.24) is 0 Å². The van der Waals surface area contributed by atoms with Crippen molar-refractivity contribution in [3.8, 4) is 5.75 Å². The standard InChI is InChI=1S/C10H11BrO2/c1-6-3-8(13)4-7(2)10(6)9(11)5-12/h3-5,9,13H,1-2H3. The summed E-state index contributed by atoms with van der Waals surface area (Å²) in [5.74, 6) is 0.240. The smallest absolute Gasteiger partial charge is 0.138 e. The number of aryl methyl sites for hydroxylation is 2. The lowest BCUT2D eigenvalue weighted by Gasteiger charge is -2.11. The number of halogens is 1. The lowest BCUT2D eigenvalue weighted by atomic mass is 10.0. The van der Waals surface area contributed by atoms with E-state index in [2.05, 4.69) is 15.9 Å². The van der Waals surface area contributed by atoms with Crippen molar-refractivity contribution in [3.63, 3.8) is 0 Å². The van der Waals surface area contributed by atoms with Crippen LogP contribution in [0.1, 0.15) is 21.5 Å². The van der Waals surface area contributed by atoms with Crippen molar-refractivity contribution < 1.29 is 9.90 Å². The van der Waals surface area contributed by atoms with Gasteiger partial charge in [-0.2, -0.15) is 0 Å². The van der Waals surface area contributed by atoms with E-state index in [1.54, 1.807) is 12.1 Å². The van der Waals surface area contributed by atoms with Crippen LogP contribution >= 0.6 is 15.9 Å². The molecule has 0 radical (unpaired) electrons. The molecule has 0 aliphatic heterocycles. The molecule has 0 heterocycles. The quantitative estimate of drug-likeness (QED) is 0.640. The van der Waals surface area contributed by atoms with Crippen LogP contribution in [0.25, 0.3) is 0 Å². The number of hydrogen-bond donors (Lipinski definition) is 1. The second-order valence-electron chi connectivity index (χ2n) is 3.03. The normalized spacial score (nSPS) is 12.5.